The average molecular weight is 299 g/mol. The molecule has 1 aliphatic heterocycles. The van der Waals surface area contributed by atoms with E-state index in [0.717, 1.165) is 5.56 Å². The second-order valence-corrected chi connectivity index (χ2v) is 5.14. The molecule has 1 aromatic heterocycles. The summed E-state index contributed by atoms with van der Waals surface area (Å²) in [4.78, 5) is 16.0. The van der Waals surface area contributed by atoms with Crippen LogP contribution < -0.4 is 11.1 Å². The molecule has 3 rings (SSSR count). The second-order valence-electron chi connectivity index (χ2n) is 4.78. The Morgan fingerprint density at radius 3 is 2.76 bits per heavy atom. The maximum Gasteiger partial charge on any atom is 0.225 e. The van der Waals surface area contributed by atoms with Gasteiger partial charge in [-0.2, -0.15) is 5.26 Å². The Hall–Kier alpha value is -2.58. The monoisotopic (exact) mass is 298 g/mol. The summed E-state index contributed by atoms with van der Waals surface area (Å²) >= 11 is 6.22. The Bertz CT molecular complexity index is 767. The third-order valence-corrected chi connectivity index (χ3v) is 3.82. The topological polar surface area (TPSA) is 91.8 Å². The first-order valence-electron chi connectivity index (χ1n) is 6.35. The number of carbonyl (C=O) groups is 1. The van der Waals surface area contributed by atoms with E-state index in [1.807, 2.05) is 36.4 Å². The number of amides is 1. The molecule has 2 heterocycles. The molecule has 5 nitrogen and oxygen atoms in total. The van der Waals surface area contributed by atoms with Gasteiger partial charge < -0.3 is 11.1 Å². The zero-order chi connectivity index (χ0) is 15.0. The normalized spacial score (nSPS) is 16.8. The van der Waals surface area contributed by atoms with Crippen molar-refractivity contribution in [3.8, 4) is 6.07 Å². The first-order chi connectivity index (χ1) is 10.1. The number of hydrogen-bond acceptors (Lipinski definition) is 4. The van der Waals surface area contributed by atoms with E-state index in [-0.39, 0.29) is 34.8 Å². The van der Waals surface area contributed by atoms with Crippen LogP contribution in [0.5, 0.6) is 0 Å². The van der Waals surface area contributed by atoms with E-state index < -0.39 is 0 Å². The molecule has 6 heteroatoms. The smallest absolute Gasteiger partial charge is 0.225 e. The predicted molar refractivity (Wildman–Crippen MR) is 79.9 cm³/mol. The summed E-state index contributed by atoms with van der Waals surface area (Å²) in [6.07, 6.45) is 0.257. The van der Waals surface area contributed by atoms with Crippen molar-refractivity contribution in [1.82, 2.24) is 4.98 Å². The molecule has 1 atom stereocenters. The number of benzene rings is 1. The van der Waals surface area contributed by atoms with Gasteiger partial charge in [-0.05, 0) is 5.56 Å². The summed E-state index contributed by atoms with van der Waals surface area (Å²) in [5, 5.41) is 12.2. The van der Waals surface area contributed by atoms with Crippen molar-refractivity contribution in [2.75, 3.05) is 11.1 Å². The molecule has 2 aromatic rings. The molecule has 3 N–H and O–H groups in total. The van der Waals surface area contributed by atoms with E-state index in [1.165, 1.54) is 0 Å². The number of nitrogens with zero attached hydrogens (tertiary/aromatic N) is 2. The number of anilines is 2. The number of hydrogen-bond donors (Lipinski definition) is 2. The van der Waals surface area contributed by atoms with Gasteiger partial charge in [0, 0.05) is 17.9 Å². The molecular formula is C15H11ClN4O. The number of nitrogen functional groups attached to an aromatic ring is 1. The Morgan fingerprint density at radius 2 is 2.10 bits per heavy atom. The van der Waals surface area contributed by atoms with Crippen molar-refractivity contribution in [3.63, 3.8) is 0 Å². The van der Waals surface area contributed by atoms with Crippen molar-refractivity contribution in [3.05, 3.63) is 52.2 Å². The third-order valence-electron chi connectivity index (χ3n) is 3.53. The SMILES string of the molecule is N#Cc1c(N)nc(Cl)c2c1NC(=O)CC2c1ccccc1. The van der Waals surface area contributed by atoms with Crippen LogP contribution in [-0.2, 0) is 4.79 Å². The predicted octanol–water partition coefficient (Wildman–Crippen LogP) is 2.66. The first-order valence-corrected chi connectivity index (χ1v) is 6.73. The summed E-state index contributed by atoms with van der Waals surface area (Å²) < 4.78 is 0. The number of nitrogens with two attached hydrogens (primary N) is 1. The van der Waals surface area contributed by atoms with E-state index >= 15 is 0 Å². The lowest BCUT2D eigenvalue weighted by atomic mass is 9.84. The highest BCUT2D eigenvalue weighted by atomic mass is 35.5. The van der Waals surface area contributed by atoms with Crippen LogP contribution in [0.2, 0.25) is 5.15 Å². The fraction of sp³-hybridized carbons (Fsp3) is 0.133. The van der Waals surface area contributed by atoms with Crippen molar-refractivity contribution >= 4 is 29.0 Å². The van der Waals surface area contributed by atoms with Crippen molar-refractivity contribution < 1.29 is 4.79 Å². The van der Waals surface area contributed by atoms with Crippen LogP contribution in [0.4, 0.5) is 11.5 Å². The van der Waals surface area contributed by atoms with E-state index in [0.29, 0.717) is 11.3 Å². The largest absolute Gasteiger partial charge is 0.382 e. The highest BCUT2D eigenvalue weighted by Crippen LogP contribution is 2.43. The molecular weight excluding hydrogens is 288 g/mol. The Labute approximate surface area is 126 Å². The Morgan fingerprint density at radius 1 is 1.38 bits per heavy atom. The number of pyridine rings is 1. The van der Waals surface area contributed by atoms with Gasteiger partial charge in [-0.15, -0.1) is 0 Å². The highest BCUT2D eigenvalue weighted by Gasteiger charge is 2.32. The van der Waals surface area contributed by atoms with E-state index in [4.69, 9.17) is 17.3 Å². The summed E-state index contributed by atoms with van der Waals surface area (Å²) in [5.41, 5.74) is 7.84. The molecule has 0 saturated carbocycles. The summed E-state index contributed by atoms with van der Waals surface area (Å²) in [6, 6.07) is 11.5. The quantitative estimate of drug-likeness (QED) is 0.792. The van der Waals surface area contributed by atoms with Crippen LogP contribution in [-0.4, -0.2) is 10.9 Å². The maximum absolute atomic E-state index is 12.0. The molecule has 0 aliphatic carbocycles. The van der Waals surface area contributed by atoms with Crippen molar-refractivity contribution in [1.29, 1.82) is 5.26 Å². The molecule has 1 aliphatic rings. The summed E-state index contributed by atoms with van der Waals surface area (Å²) in [6.45, 7) is 0. The van der Waals surface area contributed by atoms with Crippen LogP contribution in [0.25, 0.3) is 0 Å². The zero-order valence-corrected chi connectivity index (χ0v) is 11.7. The number of carbonyl (C=O) groups excluding carboxylic acids is 1. The Balaban J connectivity index is 2.27. The molecule has 1 aromatic carbocycles. The lowest BCUT2D eigenvalue weighted by Crippen LogP contribution is -2.25. The van der Waals surface area contributed by atoms with Gasteiger partial charge in [0.15, 0.2) is 0 Å². The number of rotatable bonds is 1. The minimum Gasteiger partial charge on any atom is -0.382 e. The van der Waals surface area contributed by atoms with Crippen LogP contribution in [0, 0.1) is 11.3 Å². The molecule has 0 saturated heterocycles. The lowest BCUT2D eigenvalue weighted by molar-refractivity contribution is -0.116. The van der Waals surface area contributed by atoms with Gasteiger partial charge in [0.05, 0.1) is 5.69 Å². The lowest BCUT2D eigenvalue weighted by Gasteiger charge is -2.27. The van der Waals surface area contributed by atoms with Gasteiger partial charge in [0.2, 0.25) is 5.91 Å². The molecule has 0 fully saturated rings. The molecule has 1 amide bonds. The van der Waals surface area contributed by atoms with Crippen LogP contribution >= 0.6 is 11.6 Å². The third kappa shape index (κ3) is 2.20. The molecule has 1 unspecified atom stereocenters. The maximum atomic E-state index is 12.0. The second kappa shape index (κ2) is 5.08. The fourth-order valence-electron chi connectivity index (χ4n) is 2.60. The molecule has 0 spiro atoms. The van der Waals surface area contributed by atoms with Gasteiger partial charge in [-0.1, -0.05) is 41.9 Å². The van der Waals surface area contributed by atoms with Gasteiger partial charge in [0.1, 0.15) is 22.6 Å². The highest BCUT2D eigenvalue weighted by molar-refractivity contribution is 6.31. The standard InChI is InChI=1S/C15H11ClN4O/c16-14-12-9(8-4-2-1-3-5-8)6-11(21)19-13(12)10(7-17)15(18)20-14/h1-5,9H,6H2,(H2,18,20)(H,19,21). The average Bonchev–Trinajstić information content (AvgIpc) is 2.47. The number of nitrogens with one attached hydrogen (secondary N) is 1. The van der Waals surface area contributed by atoms with Crippen LogP contribution in [0.3, 0.4) is 0 Å². The molecule has 0 bridgehead atoms. The van der Waals surface area contributed by atoms with E-state index in [9.17, 15) is 10.1 Å². The van der Waals surface area contributed by atoms with Gasteiger partial charge in [-0.25, -0.2) is 4.98 Å². The van der Waals surface area contributed by atoms with Gasteiger partial charge in [-0.3, -0.25) is 4.79 Å². The first kappa shape index (κ1) is 13.4. The molecule has 104 valence electrons. The number of fused-ring (bicyclic) bond motifs is 1. The van der Waals surface area contributed by atoms with E-state index in [1.54, 1.807) is 0 Å². The van der Waals surface area contributed by atoms with Crippen molar-refractivity contribution in [2.24, 2.45) is 0 Å². The zero-order valence-electron chi connectivity index (χ0n) is 10.9. The number of nitriles is 1. The van der Waals surface area contributed by atoms with E-state index in [2.05, 4.69) is 10.3 Å². The van der Waals surface area contributed by atoms with Crippen LogP contribution in [0.15, 0.2) is 30.3 Å². The number of aromatic nitrogens is 1. The Kier molecular flexibility index (Phi) is 3.24. The minimum absolute atomic E-state index is 0.0234. The molecule has 0 radical (unpaired) electrons. The molecule has 21 heavy (non-hydrogen) atoms. The summed E-state index contributed by atoms with van der Waals surface area (Å²) in [7, 11) is 0. The van der Waals surface area contributed by atoms with Crippen LogP contribution in [0.1, 0.15) is 29.0 Å². The summed E-state index contributed by atoms with van der Waals surface area (Å²) in [5.74, 6) is -0.382. The minimum atomic E-state index is -0.234. The number of halogens is 1. The van der Waals surface area contributed by atoms with Crippen molar-refractivity contribution in [2.45, 2.75) is 12.3 Å². The van der Waals surface area contributed by atoms with Gasteiger partial charge in [0.25, 0.3) is 0 Å². The fourth-order valence-corrected chi connectivity index (χ4v) is 2.91. The van der Waals surface area contributed by atoms with Gasteiger partial charge >= 0.3 is 0 Å².